The van der Waals surface area contributed by atoms with E-state index < -0.39 is 0 Å². The van der Waals surface area contributed by atoms with Crippen LogP contribution in [0.2, 0.25) is 0 Å². The van der Waals surface area contributed by atoms with Gasteiger partial charge in [-0.05, 0) is 45.4 Å². The van der Waals surface area contributed by atoms with Gasteiger partial charge >= 0.3 is 0 Å². The van der Waals surface area contributed by atoms with E-state index in [-0.39, 0.29) is 0 Å². The lowest BCUT2D eigenvalue weighted by Gasteiger charge is -2.19. The highest BCUT2D eigenvalue weighted by atomic mass is 15.1. The van der Waals surface area contributed by atoms with Crippen molar-refractivity contribution in [2.45, 2.75) is 19.8 Å². The van der Waals surface area contributed by atoms with Gasteiger partial charge in [-0.2, -0.15) is 0 Å². The first-order valence-electron chi connectivity index (χ1n) is 4.70. The predicted molar refractivity (Wildman–Crippen MR) is 48.8 cm³/mol. The lowest BCUT2D eigenvalue weighted by atomic mass is 10.2. The highest BCUT2D eigenvalue weighted by Gasteiger charge is 2.13. The molecule has 1 N–H and O–H groups in total. The lowest BCUT2D eigenvalue weighted by molar-refractivity contribution is 0.285. The molecule has 0 aromatic rings. The van der Waals surface area contributed by atoms with E-state index in [1.165, 1.54) is 32.5 Å². The average Bonchev–Trinajstić information content (AvgIpc) is 2.40. The highest BCUT2D eigenvalue weighted by molar-refractivity contribution is 4.69. The summed E-state index contributed by atoms with van der Waals surface area (Å²) in [6.07, 6.45) is 2.82. The molecular weight excluding hydrogens is 136 g/mol. The van der Waals surface area contributed by atoms with Crippen molar-refractivity contribution in [2.24, 2.45) is 5.92 Å². The van der Waals surface area contributed by atoms with Gasteiger partial charge in [0.05, 0.1) is 0 Å². The molecule has 1 rings (SSSR count). The fraction of sp³-hybridized carbons (Fsp3) is 1.00. The Balaban J connectivity index is 2.08. The molecule has 1 aliphatic heterocycles. The Morgan fingerprint density at radius 2 is 2.00 bits per heavy atom. The van der Waals surface area contributed by atoms with Crippen molar-refractivity contribution < 1.29 is 0 Å². The topological polar surface area (TPSA) is 15.3 Å². The van der Waals surface area contributed by atoms with Gasteiger partial charge in [0.25, 0.3) is 0 Å². The zero-order chi connectivity index (χ0) is 8.10. The molecule has 66 valence electrons. The van der Waals surface area contributed by atoms with Crippen LogP contribution in [0.15, 0.2) is 0 Å². The third kappa shape index (κ3) is 3.21. The maximum Gasteiger partial charge on any atom is 0.00191 e. The van der Waals surface area contributed by atoms with Gasteiger partial charge in [-0.1, -0.05) is 6.92 Å². The summed E-state index contributed by atoms with van der Waals surface area (Å²) in [5, 5.41) is 3.21. The molecule has 1 aliphatic rings. The van der Waals surface area contributed by atoms with Crippen molar-refractivity contribution in [1.29, 1.82) is 0 Å². The minimum absolute atomic E-state index is 0.804. The number of nitrogens with one attached hydrogen (secondary N) is 1. The largest absolute Gasteiger partial charge is 0.319 e. The second kappa shape index (κ2) is 4.73. The molecule has 0 aromatic carbocycles. The lowest BCUT2D eigenvalue weighted by Crippen LogP contribution is -2.30. The summed E-state index contributed by atoms with van der Waals surface area (Å²) in [5.41, 5.74) is 0. The summed E-state index contributed by atoms with van der Waals surface area (Å²) in [6.45, 7) is 7.40. The molecule has 2 heteroatoms. The van der Waals surface area contributed by atoms with E-state index >= 15 is 0 Å². The van der Waals surface area contributed by atoms with Crippen molar-refractivity contribution in [1.82, 2.24) is 10.2 Å². The SMILES string of the molecule is CNC[C@H](C)CN1CCCC1. The van der Waals surface area contributed by atoms with Crippen LogP contribution in [0.25, 0.3) is 0 Å². The molecule has 0 aliphatic carbocycles. The van der Waals surface area contributed by atoms with Crippen LogP contribution in [0.5, 0.6) is 0 Å². The first kappa shape index (κ1) is 9.01. The number of likely N-dealkylation sites (tertiary alicyclic amines) is 1. The first-order valence-corrected chi connectivity index (χ1v) is 4.70. The van der Waals surface area contributed by atoms with Gasteiger partial charge in [-0.25, -0.2) is 0 Å². The van der Waals surface area contributed by atoms with Crippen molar-refractivity contribution >= 4 is 0 Å². The van der Waals surface area contributed by atoms with E-state index in [9.17, 15) is 0 Å². The van der Waals surface area contributed by atoms with Crippen LogP contribution in [-0.4, -0.2) is 38.1 Å². The fourth-order valence-electron chi connectivity index (χ4n) is 1.82. The maximum atomic E-state index is 3.21. The molecule has 0 unspecified atom stereocenters. The molecule has 0 amide bonds. The number of hydrogen-bond acceptors (Lipinski definition) is 2. The van der Waals surface area contributed by atoms with E-state index in [0.717, 1.165) is 12.5 Å². The highest BCUT2D eigenvalue weighted by Crippen LogP contribution is 2.09. The smallest absolute Gasteiger partial charge is 0.00191 e. The summed E-state index contributed by atoms with van der Waals surface area (Å²) in [6, 6.07) is 0. The molecule has 1 fully saturated rings. The molecule has 0 spiro atoms. The number of hydrogen-bond donors (Lipinski definition) is 1. The zero-order valence-electron chi connectivity index (χ0n) is 7.77. The second-order valence-corrected chi connectivity index (χ2v) is 3.67. The quantitative estimate of drug-likeness (QED) is 0.651. The standard InChI is InChI=1S/C9H20N2/c1-9(7-10-2)8-11-5-3-4-6-11/h9-10H,3-8H2,1-2H3/t9-/m0/s1. The van der Waals surface area contributed by atoms with E-state index in [1.807, 2.05) is 7.05 Å². The normalized spacial score (nSPS) is 22.4. The number of rotatable bonds is 4. The monoisotopic (exact) mass is 156 g/mol. The number of nitrogens with zero attached hydrogens (tertiary/aromatic N) is 1. The van der Waals surface area contributed by atoms with Crippen LogP contribution in [0.3, 0.4) is 0 Å². The molecule has 11 heavy (non-hydrogen) atoms. The Kier molecular flexibility index (Phi) is 3.87. The summed E-state index contributed by atoms with van der Waals surface area (Å²) in [5.74, 6) is 0.804. The second-order valence-electron chi connectivity index (χ2n) is 3.67. The molecule has 2 nitrogen and oxygen atoms in total. The van der Waals surface area contributed by atoms with Crippen LogP contribution in [0, 0.1) is 5.92 Å². The van der Waals surface area contributed by atoms with Crippen molar-refractivity contribution in [3.8, 4) is 0 Å². The van der Waals surface area contributed by atoms with Crippen LogP contribution < -0.4 is 5.32 Å². The average molecular weight is 156 g/mol. The minimum Gasteiger partial charge on any atom is -0.319 e. The van der Waals surface area contributed by atoms with Gasteiger partial charge in [0.2, 0.25) is 0 Å². The fourth-order valence-corrected chi connectivity index (χ4v) is 1.82. The summed E-state index contributed by atoms with van der Waals surface area (Å²) >= 11 is 0. The molecule has 1 atom stereocenters. The molecular formula is C9H20N2. The predicted octanol–water partition coefficient (Wildman–Crippen LogP) is 0.938. The molecule has 0 radical (unpaired) electrons. The Labute approximate surface area is 70.0 Å². The third-order valence-corrected chi connectivity index (χ3v) is 2.32. The van der Waals surface area contributed by atoms with Crippen LogP contribution in [0.4, 0.5) is 0 Å². The van der Waals surface area contributed by atoms with Crippen LogP contribution in [-0.2, 0) is 0 Å². The van der Waals surface area contributed by atoms with E-state index in [4.69, 9.17) is 0 Å². The van der Waals surface area contributed by atoms with Gasteiger partial charge in [0, 0.05) is 6.54 Å². The molecule has 0 aromatic heterocycles. The summed E-state index contributed by atoms with van der Waals surface area (Å²) in [4.78, 5) is 2.57. The van der Waals surface area contributed by atoms with E-state index in [2.05, 4.69) is 17.1 Å². The van der Waals surface area contributed by atoms with Gasteiger partial charge in [-0.3, -0.25) is 0 Å². The molecule has 1 heterocycles. The Morgan fingerprint density at radius 3 is 2.55 bits per heavy atom. The zero-order valence-corrected chi connectivity index (χ0v) is 7.77. The molecule has 1 saturated heterocycles. The Morgan fingerprint density at radius 1 is 1.36 bits per heavy atom. The summed E-state index contributed by atoms with van der Waals surface area (Å²) < 4.78 is 0. The third-order valence-electron chi connectivity index (χ3n) is 2.32. The Bertz CT molecular complexity index is 97.7. The van der Waals surface area contributed by atoms with Gasteiger partial charge in [0.1, 0.15) is 0 Å². The maximum absolute atomic E-state index is 3.21. The molecule has 0 saturated carbocycles. The van der Waals surface area contributed by atoms with Gasteiger partial charge in [-0.15, -0.1) is 0 Å². The van der Waals surface area contributed by atoms with E-state index in [1.54, 1.807) is 0 Å². The van der Waals surface area contributed by atoms with Crippen molar-refractivity contribution in [2.75, 3.05) is 33.2 Å². The first-order chi connectivity index (χ1) is 5.33. The Hall–Kier alpha value is -0.0800. The van der Waals surface area contributed by atoms with E-state index in [0.29, 0.717) is 0 Å². The van der Waals surface area contributed by atoms with Crippen LogP contribution in [0.1, 0.15) is 19.8 Å². The summed E-state index contributed by atoms with van der Waals surface area (Å²) in [7, 11) is 2.03. The van der Waals surface area contributed by atoms with Gasteiger partial charge in [0.15, 0.2) is 0 Å². The van der Waals surface area contributed by atoms with Crippen molar-refractivity contribution in [3.05, 3.63) is 0 Å². The minimum atomic E-state index is 0.804. The van der Waals surface area contributed by atoms with Gasteiger partial charge < -0.3 is 10.2 Å². The van der Waals surface area contributed by atoms with Crippen molar-refractivity contribution in [3.63, 3.8) is 0 Å². The van der Waals surface area contributed by atoms with Crippen LogP contribution >= 0.6 is 0 Å². The molecule has 0 bridgehead atoms.